The maximum atomic E-state index is 10.2. The van der Waals surface area contributed by atoms with E-state index in [1.165, 1.54) is 4.80 Å². The van der Waals surface area contributed by atoms with Crippen molar-refractivity contribution >= 4 is 5.97 Å². The molecule has 1 N–H and O–H groups in total. The summed E-state index contributed by atoms with van der Waals surface area (Å²) < 4.78 is 0. The van der Waals surface area contributed by atoms with Crippen LogP contribution in [0.4, 0.5) is 0 Å². The number of aliphatic carboxylic acids is 1. The van der Waals surface area contributed by atoms with Gasteiger partial charge in [0.15, 0.2) is 5.82 Å². The molecule has 0 aromatic carbocycles. The van der Waals surface area contributed by atoms with E-state index in [1.807, 2.05) is 6.92 Å². The minimum atomic E-state index is -0.852. The quantitative estimate of drug-likeness (QED) is 0.701. The molecule has 0 unspecified atom stereocenters. The minimum absolute atomic E-state index is 0.0297. The van der Waals surface area contributed by atoms with Crippen LogP contribution in [-0.2, 0) is 17.8 Å². The number of aryl methyl sites for hydroxylation is 2. The van der Waals surface area contributed by atoms with E-state index < -0.39 is 5.97 Å². The van der Waals surface area contributed by atoms with Crippen molar-refractivity contribution in [3.63, 3.8) is 0 Å². The van der Waals surface area contributed by atoms with E-state index in [9.17, 15) is 4.79 Å². The highest BCUT2D eigenvalue weighted by Gasteiger charge is 2.03. The molecule has 6 heteroatoms. The fourth-order valence-electron chi connectivity index (χ4n) is 0.890. The van der Waals surface area contributed by atoms with Crippen LogP contribution in [0.1, 0.15) is 25.6 Å². The zero-order valence-electron chi connectivity index (χ0n) is 7.47. The first-order valence-corrected chi connectivity index (χ1v) is 4.21. The van der Waals surface area contributed by atoms with E-state index in [4.69, 9.17) is 5.11 Å². The molecule has 0 radical (unpaired) electrons. The Morgan fingerprint density at radius 3 is 3.00 bits per heavy atom. The number of carbonyl (C=O) groups is 1. The molecule has 0 fully saturated rings. The van der Waals surface area contributed by atoms with Crippen LogP contribution >= 0.6 is 0 Å². The molecular weight excluding hydrogens is 172 g/mol. The highest BCUT2D eigenvalue weighted by Crippen LogP contribution is 1.93. The summed E-state index contributed by atoms with van der Waals surface area (Å²) in [5, 5.41) is 19.9. The second kappa shape index (κ2) is 4.54. The average molecular weight is 184 g/mol. The summed E-state index contributed by atoms with van der Waals surface area (Å²) in [4.78, 5) is 11.5. The number of rotatable bonds is 5. The number of hydrogen-bond acceptors (Lipinski definition) is 4. The molecule has 1 aromatic heterocycles. The van der Waals surface area contributed by atoms with Gasteiger partial charge in [0.25, 0.3) is 0 Å². The second-order valence-corrected chi connectivity index (χ2v) is 2.70. The predicted molar refractivity (Wildman–Crippen MR) is 44.1 cm³/mol. The first kappa shape index (κ1) is 9.63. The second-order valence-electron chi connectivity index (χ2n) is 2.70. The van der Waals surface area contributed by atoms with Gasteiger partial charge in [-0.3, -0.25) is 4.79 Å². The van der Waals surface area contributed by atoms with Crippen LogP contribution in [0.3, 0.4) is 0 Å². The molecule has 13 heavy (non-hydrogen) atoms. The van der Waals surface area contributed by atoms with Crippen molar-refractivity contribution in [2.45, 2.75) is 32.7 Å². The maximum absolute atomic E-state index is 10.2. The molecular formula is C7H12N4O2. The van der Waals surface area contributed by atoms with Crippen LogP contribution in [-0.4, -0.2) is 31.3 Å². The van der Waals surface area contributed by atoms with Crippen molar-refractivity contribution in [1.29, 1.82) is 0 Å². The number of aromatic nitrogens is 4. The van der Waals surface area contributed by atoms with Crippen molar-refractivity contribution < 1.29 is 9.90 Å². The van der Waals surface area contributed by atoms with Gasteiger partial charge in [0.2, 0.25) is 0 Å². The zero-order chi connectivity index (χ0) is 9.68. The van der Waals surface area contributed by atoms with E-state index in [0.29, 0.717) is 5.82 Å². The van der Waals surface area contributed by atoms with Gasteiger partial charge in [0.1, 0.15) is 0 Å². The van der Waals surface area contributed by atoms with Gasteiger partial charge in [-0.1, -0.05) is 6.92 Å². The molecule has 0 bridgehead atoms. The van der Waals surface area contributed by atoms with Crippen molar-refractivity contribution in [2.24, 2.45) is 0 Å². The summed E-state index contributed by atoms with van der Waals surface area (Å²) in [6, 6.07) is 0. The lowest BCUT2D eigenvalue weighted by molar-refractivity contribution is -0.137. The number of tetrazole rings is 1. The SMILES string of the molecule is CCCc1nnn(CCC(=O)O)n1. The lowest BCUT2D eigenvalue weighted by atomic mass is 10.3. The fraction of sp³-hybridized carbons (Fsp3) is 0.714. The van der Waals surface area contributed by atoms with Gasteiger partial charge >= 0.3 is 5.97 Å². The molecule has 1 rings (SSSR count). The summed E-state index contributed by atoms with van der Waals surface area (Å²) in [6.45, 7) is 2.31. The van der Waals surface area contributed by atoms with Crippen molar-refractivity contribution in [3.05, 3.63) is 5.82 Å². The van der Waals surface area contributed by atoms with Gasteiger partial charge in [0.05, 0.1) is 13.0 Å². The van der Waals surface area contributed by atoms with Crippen LogP contribution in [0.5, 0.6) is 0 Å². The molecule has 72 valence electrons. The minimum Gasteiger partial charge on any atom is -0.481 e. The highest BCUT2D eigenvalue weighted by molar-refractivity contribution is 5.66. The molecule has 1 aromatic rings. The number of carboxylic acid groups (broad SMARTS) is 1. The molecule has 0 aliphatic carbocycles. The molecule has 1 heterocycles. The van der Waals surface area contributed by atoms with Gasteiger partial charge < -0.3 is 5.11 Å². The van der Waals surface area contributed by atoms with Crippen LogP contribution in [0, 0.1) is 0 Å². The number of carboxylic acids is 1. The zero-order valence-corrected chi connectivity index (χ0v) is 7.47. The van der Waals surface area contributed by atoms with Crippen LogP contribution < -0.4 is 0 Å². The average Bonchev–Trinajstić information content (AvgIpc) is 2.50. The Hall–Kier alpha value is -1.46. The topological polar surface area (TPSA) is 80.9 Å². The molecule has 0 atom stereocenters. The summed E-state index contributed by atoms with van der Waals surface area (Å²) in [5.74, 6) is -0.178. The normalized spacial score (nSPS) is 10.2. The van der Waals surface area contributed by atoms with Gasteiger partial charge in [0, 0.05) is 6.42 Å². The van der Waals surface area contributed by atoms with Crippen molar-refractivity contribution in [3.8, 4) is 0 Å². The van der Waals surface area contributed by atoms with Gasteiger partial charge in [-0.15, -0.1) is 10.2 Å². The molecule has 0 saturated heterocycles. The third kappa shape index (κ3) is 3.18. The number of nitrogens with zero attached hydrogens (tertiary/aromatic N) is 4. The summed E-state index contributed by atoms with van der Waals surface area (Å²) >= 11 is 0. The summed E-state index contributed by atoms with van der Waals surface area (Å²) in [5.41, 5.74) is 0. The third-order valence-corrected chi connectivity index (χ3v) is 1.49. The molecule has 0 amide bonds. The molecule has 0 aliphatic heterocycles. The predicted octanol–water partition coefficient (Wildman–Crippen LogP) is 0.100. The van der Waals surface area contributed by atoms with Crippen molar-refractivity contribution in [1.82, 2.24) is 20.2 Å². The fourth-order valence-corrected chi connectivity index (χ4v) is 0.890. The Kier molecular flexibility index (Phi) is 3.36. The van der Waals surface area contributed by atoms with Gasteiger partial charge in [-0.2, -0.15) is 4.80 Å². The Morgan fingerprint density at radius 1 is 1.62 bits per heavy atom. The molecule has 0 aliphatic rings. The Morgan fingerprint density at radius 2 is 2.38 bits per heavy atom. The largest absolute Gasteiger partial charge is 0.481 e. The molecule has 0 saturated carbocycles. The Balaban J connectivity index is 2.44. The first-order valence-electron chi connectivity index (χ1n) is 4.21. The Bertz CT molecular complexity index is 284. The molecule has 0 spiro atoms. The van der Waals surface area contributed by atoms with E-state index in [0.717, 1.165) is 12.8 Å². The van der Waals surface area contributed by atoms with Crippen molar-refractivity contribution in [2.75, 3.05) is 0 Å². The standard InChI is InChI=1S/C7H12N4O2/c1-2-3-6-8-10-11(9-6)5-4-7(12)13/h2-5H2,1H3,(H,12,13). The smallest absolute Gasteiger partial charge is 0.305 e. The third-order valence-electron chi connectivity index (χ3n) is 1.49. The van der Waals surface area contributed by atoms with Crippen LogP contribution in [0.2, 0.25) is 0 Å². The highest BCUT2D eigenvalue weighted by atomic mass is 16.4. The number of hydrogen-bond donors (Lipinski definition) is 1. The van der Waals surface area contributed by atoms with Gasteiger partial charge in [-0.05, 0) is 11.6 Å². The van der Waals surface area contributed by atoms with E-state index in [1.54, 1.807) is 0 Å². The Labute approximate surface area is 75.6 Å². The van der Waals surface area contributed by atoms with Gasteiger partial charge in [-0.25, -0.2) is 0 Å². The molecule has 6 nitrogen and oxygen atoms in total. The lowest BCUT2D eigenvalue weighted by Gasteiger charge is -1.92. The first-order chi connectivity index (χ1) is 6.22. The summed E-state index contributed by atoms with van der Waals surface area (Å²) in [7, 11) is 0. The van der Waals surface area contributed by atoms with E-state index in [-0.39, 0.29) is 13.0 Å². The monoisotopic (exact) mass is 184 g/mol. The van der Waals surface area contributed by atoms with Crippen LogP contribution in [0.15, 0.2) is 0 Å². The summed E-state index contributed by atoms with van der Waals surface area (Å²) in [6.07, 6.45) is 1.78. The lowest BCUT2D eigenvalue weighted by Crippen LogP contribution is -2.07. The maximum Gasteiger partial charge on any atom is 0.305 e. The van der Waals surface area contributed by atoms with E-state index in [2.05, 4.69) is 15.4 Å². The van der Waals surface area contributed by atoms with Crippen LogP contribution in [0.25, 0.3) is 0 Å². The van der Waals surface area contributed by atoms with E-state index >= 15 is 0 Å².